The lowest BCUT2D eigenvalue weighted by atomic mass is 9.86. The molecule has 128 valence electrons. The Morgan fingerprint density at radius 3 is 2.84 bits per heavy atom. The number of primary amides is 1. The van der Waals surface area contributed by atoms with E-state index in [2.05, 4.69) is 32.0 Å². The molecule has 4 heteroatoms. The van der Waals surface area contributed by atoms with Crippen molar-refractivity contribution in [2.75, 3.05) is 0 Å². The van der Waals surface area contributed by atoms with Crippen LogP contribution in [0.4, 0.5) is 0 Å². The highest BCUT2D eigenvalue weighted by atomic mass is 32.1. The molecule has 1 aliphatic carbocycles. The van der Waals surface area contributed by atoms with E-state index in [0.29, 0.717) is 11.5 Å². The quantitative estimate of drug-likeness (QED) is 0.721. The van der Waals surface area contributed by atoms with Crippen molar-refractivity contribution in [2.24, 2.45) is 11.7 Å². The molecular formula is C21H22N2OS. The average Bonchev–Trinajstić information content (AvgIpc) is 2.89. The zero-order valence-electron chi connectivity index (χ0n) is 14.8. The fourth-order valence-corrected chi connectivity index (χ4v) is 5.42. The van der Waals surface area contributed by atoms with E-state index in [1.165, 1.54) is 22.4 Å². The first kappa shape index (κ1) is 16.3. The van der Waals surface area contributed by atoms with Crippen molar-refractivity contribution in [3.63, 3.8) is 0 Å². The number of pyridine rings is 1. The maximum atomic E-state index is 12.3. The second-order valence-corrected chi connectivity index (χ2v) is 8.30. The van der Waals surface area contributed by atoms with E-state index in [0.717, 1.165) is 39.9 Å². The number of carbonyl (C=O) groups is 1. The minimum atomic E-state index is -0.396. The van der Waals surface area contributed by atoms with Crippen LogP contribution in [0, 0.1) is 19.8 Å². The third-order valence-electron chi connectivity index (χ3n) is 5.18. The lowest BCUT2D eigenvalue weighted by Gasteiger charge is -2.19. The highest BCUT2D eigenvalue weighted by Crippen LogP contribution is 2.43. The standard InChI is InChI=1S/C21H22N2OS/c1-11-5-4-6-14(9-11)18-17(20(22)24)13(3)23-21-19(18)15-8-7-12(2)10-16(15)25-21/h4-6,9,12H,7-8,10H2,1-3H3,(H2,22,24)/t12-/m1/s1. The maximum Gasteiger partial charge on any atom is 0.251 e. The zero-order valence-corrected chi connectivity index (χ0v) is 15.7. The van der Waals surface area contributed by atoms with E-state index in [9.17, 15) is 4.79 Å². The average molecular weight is 350 g/mol. The van der Waals surface area contributed by atoms with E-state index in [1.807, 2.05) is 13.0 Å². The second kappa shape index (κ2) is 5.95. The number of amides is 1. The molecule has 0 saturated heterocycles. The third kappa shape index (κ3) is 2.65. The molecule has 3 aromatic rings. The number of nitrogens with zero attached hydrogens (tertiary/aromatic N) is 1. The first-order valence-electron chi connectivity index (χ1n) is 8.77. The second-order valence-electron chi connectivity index (χ2n) is 7.21. The molecule has 1 aromatic carbocycles. The van der Waals surface area contributed by atoms with Gasteiger partial charge in [0.1, 0.15) is 4.83 Å². The van der Waals surface area contributed by atoms with Gasteiger partial charge >= 0.3 is 0 Å². The van der Waals surface area contributed by atoms with Crippen molar-refractivity contribution in [1.29, 1.82) is 0 Å². The molecule has 0 aliphatic heterocycles. The summed E-state index contributed by atoms with van der Waals surface area (Å²) < 4.78 is 0. The molecule has 25 heavy (non-hydrogen) atoms. The third-order valence-corrected chi connectivity index (χ3v) is 6.33. The lowest BCUT2D eigenvalue weighted by molar-refractivity contribution is 0.1000. The predicted octanol–water partition coefficient (Wildman–Crippen LogP) is 4.80. The van der Waals surface area contributed by atoms with Gasteiger partial charge in [-0.3, -0.25) is 4.79 Å². The summed E-state index contributed by atoms with van der Waals surface area (Å²) in [5.74, 6) is 0.312. The van der Waals surface area contributed by atoms with Crippen LogP contribution in [0.25, 0.3) is 21.3 Å². The molecule has 0 bridgehead atoms. The summed E-state index contributed by atoms with van der Waals surface area (Å²) in [6.07, 6.45) is 3.35. The first-order chi connectivity index (χ1) is 12.0. The van der Waals surface area contributed by atoms with Gasteiger partial charge in [-0.15, -0.1) is 11.3 Å². The van der Waals surface area contributed by atoms with Gasteiger partial charge in [0.25, 0.3) is 5.91 Å². The maximum absolute atomic E-state index is 12.3. The van der Waals surface area contributed by atoms with Crippen molar-refractivity contribution in [3.8, 4) is 11.1 Å². The summed E-state index contributed by atoms with van der Waals surface area (Å²) in [6.45, 7) is 6.27. The largest absolute Gasteiger partial charge is 0.366 e. The Morgan fingerprint density at radius 1 is 1.32 bits per heavy atom. The van der Waals surface area contributed by atoms with Crippen molar-refractivity contribution < 1.29 is 4.79 Å². The highest BCUT2D eigenvalue weighted by Gasteiger charge is 2.27. The summed E-state index contributed by atoms with van der Waals surface area (Å²) in [4.78, 5) is 19.5. The van der Waals surface area contributed by atoms with Gasteiger partial charge in [0, 0.05) is 15.8 Å². The zero-order chi connectivity index (χ0) is 17.7. The van der Waals surface area contributed by atoms with Crippen LogP contribution in [0.1, 0.15) is 45.4 Å². The summed E-state index contributed by atoms with van der Waals surface area (Å²) in [6, 6.07) is 8.32. The van der Waals surface area contributed by atoms with Gasteiger partial charge in [0.15, 0.2) is 0 Å². The van der Waals surface area contributed by atoms with Gasteiger partial charge in [-0.05, 0) is 50.2 Å². The number of hydrogen-bond acceptors (Lipinski definition) is 3. The Kier molecular flexibility index (Phi) is 3.88. The van der Waals surface area contributed by atoms with Gasteiger partial charge < -0.3 is 5.73 Å². The molecule has 4 rings (SSSR count). The molecule has 0 spiro atoms. The molecular weight excluding hydrogens is 328 g/mol. The Bertz CT molecular complexity index is 1000. The van der Waals surface area contributed by atoms with Gasteiger partial charge in [0.05, 0.1) is 11.3 Å². The fourth-order valence-electron chi connectivity index (χ4n) is 3.98. The van der Waals surface area contributed by atoms with E-state index in [-0.39, 0.29) is 0 Å². The molecule has 0 radical (unpaired) electrons. The van der Waals surface area contributed by atoms with Crippen LogP contribution in [0.15, 0.2) is 24.3 Å². The number of thiophene rings is 1. The molecule has 0 unspecified atom stereocenters. The normalized spacial score (nSPS) is 16.8. The number of rotatable bonds is 2. The van der Waals surface area contributed by atoms with Gasteiger partial charge in [-0.2, -0.15) is 0 Å². The van der Waals surface area contributed by atoms with E-state index >= 15 is 0 Å². The number of aryl methyl sites for hydroxylation is 3. The van der Waals surface area contributed by atoms with E-state index in [4.69, 9.17) is 10.7 Å². The van der Waals surface area contributed by atoms with Crippen LogP contribution < -0.4 is 5.73 Å². The Balaban J connectivity index is 2.13. The Hall–Kier alpha value is -2.20. The van der Waals surface area contributed by atoms with Crippen molar-refractivity contribution >= 4 is 27.5 Å². The smallest absolute Gasteiger partial charge is 0.251 e. The predicted molar refractivity (Wildman–Crippen MR) is 104 cm³/mol. The summed E-state index contributed by atoms with van der Waals surface area (Å²) in [5.41, 5.74) is 11.7. The number of benzene rings is 1. The molecule has 1 amide bonds. The lowest BCUT2D eigenvalue weighted by Crippen LogP contribution is -2.16. The van der Waals surface area contributed by atoms with Crippen LogP contribution in [0.3, 0.4) is 0 Å². The molecule has 1 atom stereocenters. The van der Waals surface area contributed by atoms with Crippen LogP contribution in [-0.4, -0.2) is 10.9 Å². The van der Waals surface area contributed by atoms with Crippen LogP contribution in [0.2, 0.25) is 0 Å². The molecule has 2 aromatic heterocycles. The van der Waals surface area contributed by atoms with E-state index in [1.54, 1.807) is 11.3 Å². The van der Waals surface area contributed by atoms with Gasteiger partial charge in [-0.25, -0.2) is 4.98 Å². The molecule has 3 nitrogen and oxygen atoms in total. The number of fused-ring (bicyclic) bond motifs is 3. The Labute approximate surface area is 151 Å². The monoisotopic (exact) mass is 350 g/mol. The van der Waals surface area contributed by atoms with Gasteiger partial charge in [-0.1, -0.05) is 36.8 Å². The molecule has 2 heterocycles. The van der Waals surface area contributed by atoms with Crippen molar-refractivity contribution in [1.82, 2.24) is 4.98 Å². The number of carbonyl (C=O) groups excluding carboxylic acids is 1. The molecule has 0 saturated carbocycles. The fraction of sp³-hybridized carbons (Fsp3) is 0.333. The minimum Gasteiger partial charge on any atom is -0.366 e. The SMILES string of the molecule is Cc1cccc(-c2c(C(N)=O)c(C)nc3sc4c(c23)CC[C@@H](C)C4)c1. The van der Waals surface area contributed by atoms with E-state index < -0.39 is 5.91 Å². The van der Waals surface area contributed by atoms with Crippen LogP contribution >= 0.6 is 11.3 Å². The van der Waals surface area contributed by atoms with Crippen LogP contribution in [0.5, 0.6) is 0 Å². The summed E-state index contributed by atoms with van der Waals surface area (Å²) >= 11 is 1.79. The molecule has 1 aliphatic rings. The molecule has 2 N–H and O–H groups in total. The number of hydrogen-bond donors (Lipinski definition) is 1. The summed E-state index contributed by atoms with van der Waals surface area (Å²) in [7, 11) is 0. The Morgan fingerprint density at radius 2 is 2.12 bits per heavy atom. The van der Waals surface area contributed by atoms with Crippen molar-refractivity contribution in [2.45, 2.75) is 40.0 Å². The number of aromatic nitrogens is 1. The summed E-state index contributed by atoms with van der Waals surface area (Å²) in [5, 5.41) is 1.15. The first-order valence-corrected chi connectivity index (χ1v) is 9.59. The topological polar surface area (TPSA) is 56.0 Å². The van der Waals surface area contributed by atoms with Crippen LogP contribution in [-0.2, 0) is 12.8 Å². The minimum absolute atomic E-state index is 0.396. The van der Waals surface area contributed by atoms with Crippen molar-refractivity contribution in [3.05, 3.63) is 51.5 Å². The van der Waals surface area contributed by atoms with Gasteiger partial charge in [0.2, 0.25) is 0 Å². The highest BCUT2D eigenvalue weighted by molar-refractivity contribution is 7.19. The molecule has 0 fully saturated rings. The number of nitrogens with two attached hydrogens (primary N) is 1.